The molecule has 4 N–H and O–H groups in total. The minimum absolute atomic E-state index is 0.129. The van der Waals surface area contributed by atoms with Crippen LogP contribution < -0.4 is 21.2 Å². The van der Waals surface area contributed by atoms with E-state index in [1.54, 1.807) is 0 Å². The minimum Gasteiger partial charge on any atom is -0.486 e. The second-order valence-corrected chi connectivity index (χ2v) is 8.66. The fraction of sp³-hybridized carbons (Fsp3) is 0.304. The SMILES string of the molecule is CC(C)c1ccc(OCc2nnc(SCCC(=O)NC(=O)NCc3ccccc3)n2N)cc1. The number of rotatable bonds is 10. The summed E-state index contributed by atoms with van der Waals surface area (Å²) in [6.07, 6.45) is 0.129. The smallest absolute Gasteiger partial charge is 0.321 e. The average molecular weight is 469 g/mol. The summed E-state index contributed by atoms with van der Waals surface area (Å²) in [5.74, 6) is 7.70. The number of nitrogen functional groups attached to an aromatic ring is 1. The van der Waals surface area contributed by atoms with Gasteiger partial charge in [0.15, 0.2) is 5.82 Å². The predicted molar refractivity (Wildman–Crippen MR) is 127 cm³/mol. The highest BCUT2D eigenvalue weighted by Crippen LogP contribution is 2.20. The highest BCUT2D eigenvalue weighted by atomic mass is 32.2. The Kier molecular flexibility index (Phi) is 8.71. The summed E-state index contributed by atoms with van der Waals surface area (Å²) in [7, 11) is 0. The van der Waals surface area contributed by atoms with Gasteiger partial charge < -0.3 is 15.9 Å². The molecule has 3 aromatic rings. The van der Waals surface area contributed by atoms with Gasteiger partial charge in [-0.2, -0.15) is 0 Å². The van der Waals surface area contributed by atoms with E-state index < -0.39 is 6.03 Å². The van der Waals surface area contributed by atoms with E-state index in [0.717, 1.165) is 11.3 Å². The van der Waals surface area contributed by atoms with E-state index in [2.05, 4.69) is 34.7 Å². The van der Waals surface area contributed by atoms with Crippen molar-refractivity contribution in [1.29, 1.82) is 0 Å². The lowest BCUT2D eigenvalue weighted by molar-refractivity contribution is -0.119. The molecule has 10 heteroatoms. The number of carbonyl (C=O) groups is 2. The Morgan fingerprint density at radius 1 is 1.09 bits per heavy atom. The lowest BCUT2D eigenvalue weighted by Gasteiger charge is -2.09. The first-order valence-corrected chi connectivity index (χ1v) is 11.6. The Balaban J connectivity index is 1.38. The van der Waals surface area contributed by atoms with E-state index in [1.165, 1.54) is 22.0 Å². The number of hydrogen-bond donors (Lipinski definition) is 3. The monoisotopic (exact) mass is 468 g/mol. The van der Waals surface area contributed by atoms with E-state index in [1.807, 2.05) is 54.6 Å². The van der Waals surface area contributed by atoms with E-state index >= 15 is 0 Å². The molecule has 33 heavy (non-hydrogen) atoms. The first-order chi connectivity index (χ1) is 15.9. The maximum absolute atomic E-state index is 12.0. The van der Waals surface area contributed by atoms with Crippen LogP contribution in [0.25, 0.3) is 0 Å². The number of nitrogens with one attached hydrogen (secondary N) is 2. The van der Waals surface area contributed by atoms with Crippen LogP contribution in [0.2, 0.25) is 0 Å². The Labute approximate surface area is 197 Å². The van der Waals surface area contributed by atoms with Crippen molar-refractivity contribution in [3.8, 4) is 5.75 Å². The van der Waals surface area contributed by atoms with Crippen molar-refractivity contribution in [2.75, 3.05) is 11.6 Å². The molecule has 9 nitrogen and oxygen atoms in total. The third-order valence-corrected chi connectivity index (χ3v) is 5.70. The number of imide groups is 1. The number of hydrogen-bond acceptors (Lipinski definition) is 7. The van der Waals surface area contributed by atoms with Gasteiger partial charge in [0.05, 0.1) is 0 Å². The number of amides is 3. The molecule has 0 radical (unpaired) electrons. The fourth-order valence-electron chi connectivity index (χ4n) is 2.85. The number of urea groups is 1. The molecule has 0 saturated carbocycles. The zero-order valence-electron chi connectivity index (χ0n) is 18.7. The summed E-state index contributed by atoms with van der Waals surface area (Å²) in [5, 5.41) is 13.5. The van der Waals surface area contributed by atoms with Crippen molar-refractivity contribution in [1.82, 2.24) is 25.5 Å². The lowest BCUT2D eigenvalue weighted by Crippen LogP contribution is -2.39. The molecule has 0 saturated heterocycles. The maximum atomic E-state index is 12.0. The van der Waals surface area contributed by atoms with Gasteiger partial charge >= 0.3 is 6.03 Å². The standard InChI is InChI=1S/C23H28N6O3S/c1-16(2)18-8-10-19(11-9-18)32-15-20-27-28-23(29(20)24)33-13-12-21(30)26-22(31)25-14-17-6-4-3-5-7-17/h3-11,16H,12-15,24H2,1-2H3,(H2,25,26,30,31). The molecule has 2 aromatic carbocycles. The number of ether oxygens (including phenoxy) is 1. The van der Waals surface area contributed by atoms with Crippen LogP contribution in [0, 0.1) is 0 Å². The molecule has 0 unspecified atom stereocenters. The van der Waals surface area contributed by atoms with Gasteiger partial charge in [-0.1, -0.05) is 68.1 Å². The number of nitrogens with two attached hydrogens (primary N) is 1. The Bertz CT molecular complexity index is 1050. The molecule has 0 aliphatic rings. The number of carbonyl (C=O) groups excluding carboxylic acids is 2. The molecule has 0 fully saturated rings. The largest absolute Gasteiger partial charge is 0.486 e. The molecule has 1 heterocycles. The molecule has 0 atom stereocenters. The summed E-state index contributed by atoms with van der Waals surface area (Å²) >= 11 is 1.28. The molecular formula is C23H28N6O3S. The fourth-order valence-corrected chi connectivity index (χ4v) is 3.66. The average Bonchev–Trinajstić information content (AvgIpc) is 3.16. The van der Waals surface area contributed by atoms with Crippen molar-refractivity contribution in [2.24, 2.45) is 0 Å². The topological polar surface area (TPSA) is 124 Å². The molecule has 0 spiro atoms. The summed E-state index contributed by atoms with van der Waals surface area (Å²) in [4.78, 5) is 23.8. The second-order valence-electron chi connectivity index (χ2n) is 7.60. The highest BCUT2D eigenvalue weighted by Gasteiger charge is 2.13. The molecule has 0 bridgehead atoms. The van der Waals surface area contributed by atoms with E-state index in [0.29, 0.717) is 29.2 Å². The van der Waals surface area contributed by atoms with Gasteiger partial charge in [0, 0.05) is 18.7 Å². The molecule has 3 rings (SSSR count). The molecule has 1 aromatic heterocycles. The number of aromatic nitrogens is 3. The number of thioether (sulfide) groups is 1. The van der Waals surface area contributed by atoms with E-state index in [4.69, 9.17) is 10.6 Å². The lowest BCUT2D eigenvalue weighted by atomic mass is 10.0. The Morgan fingerprint density at radius 2 is 1.82 bits per heavy atom. The van der Waals surface area contributed by atoms with Crippen LogP contribution in [0.3, 0.4) is 0 Å². The zero-order valence-corrected chi connectivity index (χ0v) is 19.5. The van der Waals surface area contributed by atoms with E-state index in [9.17, 15) is 9.59 Å². The van der Waals surface area contributed by atoms with Gasteiger partial charge in [-0.25, -0.2) is 9.47 Å². The molecule has 0 aliphatic heterocycles. The molecular weight excluding hydrogens is 440 g/mol. The van der Waals surface area contributed by atoms with E-state index in [-0.39, 0.29) is 18.9 Å². The Hall–Kier alpha value is -3.53. The van der Waals surface area contributed by atoms with Crippen molar-refractivity contribution >= 4 is 23.7 Å². The van der Waals surface area contributed by atoms with Gasteiger partial charge in [-0.15, -0.1) is 10.2 Å². The molecule has 174 valence electrons. The van der Waals surface area contributed by atoms with Crippen LogP contribution in [-0.4, -0.2) is 32.6 Å². The van der Waals surface area contributed by atoms with Crippen molar-refractivity contribution in [3.05, 3.63) is 71.5 Å². The summed E-state index contributed by atoms with van der Waals surface area (Å²) in [5.41, 5.74) is 2.19. The summed E-state index contributed by atoms with van der Waals surface area (Å²) in [6.45, 7) is 4.79. The van der Waals surface area contributed by atoms with Crippen LogP contribution >= 0.6 is 11.8 Å². The first kappa shape index (κ1) is 24.1. The van der Waals surface area contributed by atoms with Crippen LogP contribution in [-0.2, 0) is 17.9 Å². The van der Waals surface area contributed by atoms with Crippen molar-refractivity contribution in [3.63, 3.8) is 0 Å². The third-order valence-electron chi connectivity index (χ3n) is 4.76. The maximum Gasteiger partial charge on any atom is 0.321 e. The second kappa shape index (κ2) is 11.9. The van der Waals surface area contributed by atoms with Crippen LogP contribution in [0.1, 0.15) is 43.1 Å². The number of benzene rings is 2. The van der Waals surface area contributed by atoms with Gasteiger partial charge in [0.25, 0.3) is 0 Å². The zero-order chi connectivity index (χ0) is 23.6. The normalized spacial score (nSPS) is 10.8. The Morgan fingerprint density at radius 3 is 2.52 bits per heavy atom. The minimum atomic E-state index is -0.531. The van der Waals surface area contributed by atoms with Gasteiger partial charge in [-0.3, -0.25) is 10.1 Å². The summed E-state index contributed by atoms with van der Waals surface area (Å²) < 4.78 is 7.09. The van der Waals surface area contributed by atoms with Crippen LogP contribution in [0.15, 0.2) is 59.8 Å². The van der Waals surface area contributed by atoms with Crippen molar-refractivity contribution < 1.29 is 14.3 Å². The summed E-state index contributed by atoms with van der Waals surface area (Å²) in [6, 6.07) is 16.8. The predicted octanol–water partition coefficient (Wildman–Crippen LogP) is 3.20. The van der Waals surface area contributed by atoms with Crippen LogP contribution in [0.4, 0.5) is 4.79 Å². The third kappa shape index (κ3) is 7.53. The quantitative estimate of drug-likeness (QED) is 0.308. The molecule has 3 amide bonds. The van der Waals surface area contributed by atoms with Crippen molar-refractivity contribution in [2.45, 2.75) is 44.5 Å². The van der Waals surface area contributed by atoms with Gasteiger partial charge in [0.2, 0.25) is 11.1 Å². The first-order valence-electron chi connectivity index (χ1n) is 10.6. The molecule has 0 aliphatic carbocycles. The highest BCUT2D eigenvalue weighted by molar-refractivity contribution is 7.99. The van der Waals surface area contributed by atoms with Crippen LogP contribution in [0.5, 0.6) is 5.75 Å². The van der Waals surface area contributed by atoms with Gasteiger partial charge in [0.1, 0.15) is 12.4 Å². The number of nitrogens with zero attached hydrogens (tertiary/aromatic N) is 3. The van der Waals surface area contributed by atoms with Gasteiger partial charge in [-0.05, 0) is 29.2 Å².